The summed E-state index contributed by atoms with van der Waals surface area (Å²) in [6.07, 6.45) is 0. The van der Waals surface area contributed by atoms with Crippen LogP contribution in [-0.4, -0.2) is 0 Å². The van der Waals surface area contributed by atoms with E-state index in [1.54, 1.807) is 0 Å². The zero-order chi connectivity index (χ0) is 39.3. The van der Waals surface area contributed by atoms with E-state index in [1.165, 1.54) is 89.0 Å². The number of benzene rings is 9. The largest absolute Gasteiger partial charge is 0.310 e. The highest BCUT2D eigenvalue weighted by Crippen LogP contribution is 2.67. The second-order valence-electron chi connectivity index (χ2n) is 16.8. The first kappa shape index (κ1) is 33.9. The first-order valence-corrected chi connectivity index (χ1v) is 20.8. The second-order valence-corrected chi connectivity index (χ2v) is 16.8. The van der Waals surface area contributed by atoms with Crippen LogP contribution in [0.4, 0.5) is 17.1 Å². The average Bonchev–Trinajstić information content (AvgIpc) is 3.85. The van der Waals surface area contributed by atoms with Crippen molar-refractivity contribution in [3.63, 3.8) is 0 Å². The van der Waals surface area contributed by atoms with Crippen LogP contribution in [0.5, 0.6) is 0 Å². The van der Waals surface area contributed by atoms with Crippen molar-refractivity contribution < 1.29 is 0 Å². The third-order valence-corrected chi connectivity index (χ3v) is 13.5. The van der Waals surface area contributed by atoms with E-state index in [2.05, 4.69) is 231 Å². The second kappa shape index (κ2) is 12.6. The van der Waals surface area contributed by atoms with Crippen LogP contribution in [0.25, 0.3) is 55.6 Å². The Kier molecular flexibility index (Phi) is 7.26. The van der Waals surface area contributed by atoms with Crippen LogP contribution in [-0.2, 0) is 10.8 Å². The maximum Gasteiger partial charge on any atom is 0.0725 e. The van der Waals surface area contributed by atoms with E-state index in [9.17, 15) is 0 Å². The summed E-state index contributed by atoms with van der Waals surface area (Å²) in [6.45, 7) is 4.84. The van der Waals surface area contributed by atoms with Gasteiger partial charge in [0.25, 0.3) is 0 Å². The van der Waals surface area contributed by atoms with Crippen molar-refractivity contribution in [1.82, 2.24) is 0 Å². The van der Waals surface area contributed by atoms with Crippen molar-refractivity contribution in [2.75, 3.05) is 4.90 Å². The summed E-state index contributed by atoms with van der Waals surface area (Å²) in [6, 6.07) is 79.0. The molecule has 0 amide bonds. The molecule has 0 fully saturated rings. The van der Waals surface area contributed by atoms with Gasteiger partial charge in [-0.3, -0.25) is 0 Å². The van der Waals surface area contributed by atoms with Crippen LogP contribution in [0.3, 0.4) is 0 Å². The first-order valence-electron chi connectivity index (χ1n) is 20.8. The fraction of sp³-hybridized carbons (Fsp3) is 0.0690. The Labute approximate surface area is 346 Å². The number of fused-ring (bicyclic) bond motifs is 13. The third kappa shape index (κ3) is 4.67. The molecule has 9 aromatic carbocycles. The molecule has 3 aliphatic carbocycles. The Morgan fingerprint density at radius 1 is 0.288 bits per heavy atom. The lowest BCUT2D eigenvalue weighted by atomic mass is 9.69. The van der Waals surface area contributed by atoms with Crippen LogP contribution in [0.15, 0.2) is 212 Å². The molecule has 1 heteroatoms. The zero-order valence-corrected chi connectivity index (χ0v) is 33.2. The minimum atomic E-state index is -0.491. The van der Waals surface area contributed by atoms with Gasteiger partial charge in [0.2, 0.25) is 0 Å². The predicted molar refractivity (Wildman–Crippen MR) is 246 cm³/mol. The highest BCUT2D eigenvalue weighted by molar-refractivity contribution is 6.07. The highest BCUT2D eigenvalue weighted by Gasteiger charge is 2.54. The van der Waals surface area contributed by atoms with Gasteiger partial charge in [-0.15, -0.1) is 0 Å². The lowest BCUT2D eigenvalue weighted by Gasteiger charge is -2.32. The van der Waals surface area contributed by atoms with Gasteiger partial charge in [-0.1, -0.05) is 190 Å². The van der Waals surface area contributed by atoms with E-state index in [0.717, 1.165) is 17.1 Å². The summed E-state index contributed by atoms with van der Waals surface area (Å²) in [5, 5.41) is 0. The molecule has 278 valence electrons. The number of anilines is 3. The maximum absolute atomic E-state index is 2.62. The Morgan fingerprint density at radius 3 is 1.39 bits per heavy atom. The fourth-order valence-electron chi connectivity index (χ4n) is 10.9. The Balaban J connectivity index is 1.19. The van der Waals surface area contributed by atoms with Gasteiger partial charge in [-0.25, -0.2) is 0 Å². The molecule has 0 saturated carbocycles. The quantitative estimate of drug-likeness (QED) is 0.169. The van der Waals surface area contributed by atoms with Gasteiger partial charge in [0.1, 0.15) is 0 Å². The molecule has 0 bridgehead atoms. The van der Waals surface area contributed by atoms with E-state index >= 15 is 0 Å². The van der Waals surface area contributed by atoms with Crippen LogP contribution < -0.4 is 4.90 Å². The summed E-state index contributed by atoms with van der Waals surface area (Å²) < 4.78 is 0. The van der Waals surface area contributed by atoms with Crippen molar-refractivity contribution in [1.29, 1.82) is 0 Å². The molecule has 59 heavy (non-hydrogen) atoms. The fourth-order valence-corrected chi connectivity index (χ4v) is 10.9. The highest BCUT2D eigenvalue weighted by atomic mass is 15.1. The summed E-state index contributed by atoms with van der Waals surface area (Å²) >= 11 is 0. The number of nitrogens with zero attached hydrogens (tertiary/aromatic N) is 1. The van der Waals surface area contributed by atoms with Crippen molar-refractivity contribution in [2.24, 2.45) is 0 Å². The van der Waals surface area contributed by atoms with Gasteiger partial charge in [0, 0.05) is 22.5 Å². The lowest BCUT2D eigenvalue weighted by molar-refractivity contribution is 0.657. The Morgan fingerprint density at radius 2 is 0.746 bits per heavy atom. The standard InChI is InChI=1S/C58H41N/c1-57(2)48-27-15-14-26-46(48)55-52(57)37-53-56(54(55)40-20-8-4-9-21-40)47-36-43(34-35-51(47)58(53)49-28-16-12-24-44(49)45-25-13-17-29-50(45)58)59(41-22-10-5-11-23-41)42-32-30-39(31-33-42)38-18-6-3-7-19-38/h3-37H,1-2H3. The molecule has 12 rings (SSSR count). The Bertz CT molecular complexity index is 3060. The van der Waals surface area contributed by atoms with Crippen molar-refractivity contribution in [3.8, 4) is 55.6 Å². The number of hydrogen-bond acceptors (Lipinski definition) is 1. The number of para-hydroxylation sites is 1. The van der Waals surface area contributed by atoms with Gasteiger partial charge < -0.3 is 4.90 Å². The van der Waals surface area contributed by atoms with Crippen LogP contribution in [0.2, 0.25) is 0 Å². The molecule has 0 heterocycles. The minimum absolute atomic E-state index is 0.181. The molecule has 0 N–H and O–H groups in total. The summed E-state index contributed by atoms with van der Waals surface area (Å²) in [5.74, 6) is 0. The number of rotatable bonds is 5. The Hall–Kier alpha value is -7.22. The van der Waals surface area contributed by atoms with Crippen LogP contribution in [0.1, 0.15) is 47.2 Å². The van der Waals surface area contributed by atoms with Crippen molar-refractivity contribution in [3.05, 3.63) is 246 Å². The van der Waals surface area contributed by atoms with E-state index in [-0.39, 0.29) is 5.41 Å². The molecule has 3 aliphatic rings. The summed E-state index contributed by atoms with van der Waals surface area (Å²) in [7, 11) is 0. The molecule has 0 aromatic heterocycles. The first-order chi connectivity index (χ1) is 29.0. The third-order valence-electron chi connectivity index (χ3n) is 13.5. The number of hydrogen-bond donors (Lipinski definition) is 0. The van der Waals surface area contributed by atoms with Crippen molar-refractivity contribution >= 4 is 17.1 Å². The molecule has 0 aliphatic heterocycles. The van der Waals surface area contributed by atoms with Crippen LogP contribution >= 0.6 is 0 Å². The SMILES string of the molecule is CC1(C)c2ccccc2-c2c1cc1c(c2-c2ccccc2)-c2cc(N(c3ccccc3)c3ccc(-c4ccccc4)cc3)ccc2C12c1ccccc1-c1ccccc12. The molecule has 1 spiro atoms. The lowest BCUT2D eigenvalue weighted by Crippen LogP contribution is -2.27. The van der Waals surface area contributed by atoms with Gasteiger partial charge in [0.05, 0.1) is 5.41 Å². The molecule has 0 unspecified atom stereocenters. The summed E-state index contributed by atoms with van der Waals surface area (Å²) in [4.78, 5) is 2.42. The molecular formula is C58H41N. The monoisotopic (exact) mass is 751 g/mol. The minimum Gasteiger partial charge on any atom is -0.310 e. The van der Waals surface area contributed by atoms with Gasteiger partial charge in [0.15, 0.2) is 0 Å². The van der Waals surface area contributed by atoms with Gasteiger partial charge in [-0.2, -0.15) is 0 Å². The molecule has 0 saturated heterocycles. The maximum atomic E-state index is 2.62. The zero-order valence-electron chi connectivity index (χ0n) is 33.2. The van der Waals surface area contributed by atoms with Crippen LogP contribution in [0, 0.1) is 0 Å². The van der Waals surface area contributed by atoms with E-state index < -0.39 is 5.41 Å². The molecule has 1 nitrogen and oxygen atoms in total. The topological polar surface area (TPSA) is 3.24 Å². The van der Waals surface area contributed by atoms with Crippen molar-refractivity contribution in [2.45, 2.75) is 24.7 Å². The van der Waals surface area contributed by atoms with Gasteiger partial charge in [-0.05, 0) is 125 Å². The molecular weight excluding hydrogens is 711 g/mol. The predicted octanol–water partition coefficient (Wildman–Crippen LogP) is 15.1. The normalized spacial score (nSPS) is 14.2. The van der Waals surface area contributed by atoms with Gasteiger partial charge >= 0.3 is 0 Å². The smallest absolute Gasteiger partial charge is 0.0725 e. The molecule has 9 aromatic rings. The van der Waals surface area contributed by atoms with E-state index in [1.807, 2.05) is 0 Å². The molecule has 0 atom stereocenters. The summed E-state index contributed by atoms with van der Waals surface area (Å²) in [5.41, 5.74) is 23.9. The average molecular weight is 752 g/mol. The van der Waals surface area contributed by atoms with E-state index in [0.29, 0.717) is 0 Å². The van der Waals surface area contributed by atoms with E-state index in [4.69, 9.17) is 0 Å². The molecule has 0 radical (unpaired) electrons.